The van der Waals surface area contributed by atoms with E-state index in [2.05, 4.69) is 10.6 Å². The number of methoxy groups -OCH3 is 1. The highest BCUT2D eigenvalue weighted by Crippen LogP contribution is 2.15. The van der Waals surface area contributed by atoms with E-state index in [9.17, 15) is 9.59 Å². The predicted molar refractivity (Wildman–Crippen MR) is 90.1 cm³/mol. The van der Waals surface area contributed by atoms with Crippen LogP contribution in [0, 0.1) is 0 Å². The van der Waals surface area contributed by atoms with Crippen molar-refractivity contribution in [1.29, 1.82) is 0 Å². The van der Waals surface area contributed by atoms with Crippen LogP contribution >= 0.6 is 12.2 Å². The number of thiocarbonyl (C=S) groups is 1. The quantitative estimate of drug-likeness (QED) is 0.747. The second-order valence-electron chi connectivity index (χ2n) is 4.49. The van der Waals surface area contributed by atoms with Crippen LogP contribution in [-0.2, 0) is 0 Å². The van der Waals surface area contributed by atoms with E-state index in [0.29, 0.717) is 17.0 Å². The lowest BCUT2D eigenvalue weighted by Gasteiger charge is -2.12. The van der Waals surface area contributed by atoms with Crippen LogP contribution in [0.3, 0.4) is 0 Å². The van der Waals surface area contributed by atoms with Crippen molar-refractivity contribution in [3.8, 4) is 5.75 Å². The number of benzene rings is 2. The monoisotopic (exact) mass is 330 g/mol. The summed E-state index contributed by atoms with van der Waals surface area (Å²) in [6.07, 6.45) is 0. The Bertz CT molecular complexity index is 761. The highest BCUT2D eigenvalue weighted by atomic mass is 32.1. The minimum atomic E-state index is -1.09. The van der Waals surface area contributed by atoms with Gasteiger partial charge in [-0.05, 0) is 42.5 Å². The molecule has 0 aliphatic heterocycles. The van der Waals surface area contributed by atoms with Crippen LogP contribution in [-0.4, -0.2) is 29.2 Å². The molecular formula is C16H14N2O4S. The summed E-state index contributed by atoms with van der Waals surface area (Å²) in [4.78, 5) is 23.3. The number of carbonyl (C=O) groups excluding carboxylic acids is 1. The summed E-state index contributed by atoms with van der Waals surface area (Å²) >= 11 is 5.05. The van der Waals surface area contributed by atoms with Gasteiger partial charge in [0.1, 0.15) is 5.75 Å². The summed E-state index contributed by atoms with van der Waals surface area (Å²) in [5, 5.41) is 14.3. The predicted octanol–water partition coefficient (Wildman–Crippen LogP) is 2.52. The third kappa shape index (κ3) is 4.27. The lowest BCUT2D eigenvalue weighted by Crippen LogP contribution is -2.34. The Morgan fingerprint density at radius 1 is 1.13 bits per heavy atom. The molecule has 0 aliphatic carbocycles. The summed E-state index contributed by atoms with van der Waals surface area (Å²) in [6, 6.07) is 12.9. The highest BCUT2D eigenvalue weighted by molar-refractivity contribution is 7.80. The Kier molecular flexibility index (Phi) is 5.27. The molecule has 0 fully saturated rings. The smallest absolute Gasteiger partial charge is 0.337 e. The Hall–Kier alpha value is -2.93. The third-order valence-electron chi connectivity index (χ3n) is 2.96. The molecule has 0 saturated heterocycles. The topological polar surface area (TPSA) is 87.7 Å². The first-order valence-corrected chi connectivity index (χ1v) is 7.01. The molecule has 23 heavy (non-hydrogen) atoms. The van der Waals surface area contributed by atoms with Crippen LogP contribution in [0.5, 0.6) is 5.75 Å². The van der Waals surface area contributed by atoms with E-state index in [1.165, 1.54) is 13.2 Å². The molecule has 1 amide bonds. The zero-order valence-corrected chi connectivity index (χ0v) is 13.0. The Morgan fingerprint density at radius 3 is 2.57 bits per heavy atom. The van der Waals surface area contributed by atoms with Crippen LogP contribution in [0.2, 0.25) is 0 Å². The van der Waals surface area contributed by atoms with Crippen molar-refractivity contribution in [2.75, 3.05) is 12.4 Å². The Balaban J connectivity index is 2.07. The second kappa shape index (κ2) is 7.37. The number of rotatable bonds is 4. The normalized spacial score (nSPS) is 9.78. The van der Waals surface area contributed by atoms with E-state index < -0.39 is 11.9 Å². The van der Waals surface area contributed by atoms with Gasteiger partial charge in [-0.2, -0.15) is 0 Å². The van der Waals surface area contributed by atoms with E-state index in [1.807, 2.05) is 0 Å². The number of carboxylic acid groups (broad SMARTS) is 1. The molecule has 0 unspecified atom stereocenters. The zero-order chi connectivity index (χ0) is 16.8. The number of nitrogens with one attached hydrogen (secondary N) is 2. The second-order valence-corrected chi connectivity index (χ2v) is 4.90. The largest absolute Gasteiger partial charge is 0.497 e. The molecule has 0 heterocycles. The van der Waals surface area contributed by atoms with Gasteiger partial charge in [-0.25, -0.2) is 4.79 Å². The lowest BCUT2D eigenvalue weighted by molar-refractivity contribution is 0.0698. The molecule has 3 N–H and O–H groups in total. The van der Waals surface area contributed by atoms with Crippen LogP contribution in [0.4, 0.5) is 5.69 Å². The van der Waals surface area contributed by atoms with Crippen molar-refractivity contribution >= 4 is 34.9 Å². The van der Waals surface area contributed by atoms with Crippen molar-refractivity contribution in [3.63, 3.8) is 0 Å². The van der Waals surface area contributed by atoms with E-state index in [1.54, 1.807) is 42.5 Å². The fourth-order valence-electron chi connectivity index (χ4n) is 1.87. The van der Waals surface area contributed by atoms with Gasteiger partial charge in [0.05, 0.1) is 18.4 Å². The molecule has 2 rings (SSSR count). The number of amides is 1. The van der Waals surface area contributed by atoms with Gasteiger partial charge < -0.3 is 15.2 Å². The summed E-state index contributed by atoms with van der Waals surface area (Å²) in [5.74, 6) is -0.961. The van der Waals surface area contributed by atoms with Crippen LogP contribution in [0.25, 0.3) is 0 Å². The molecular weight excluding hydrogens is 316 g/mol. The van der Waals surface area contributed by atoms with Crippen LogP contribution < -0.4 is 15.4 Å². The molecule has 7 heteroatoms. The molecule has 0 radical (unpaired) electrons. The number of carbonyl (C=O) groups is 2. The van der Waals surface area contributed by atoms with Crippen LogP contribution in [0.1, 0.15) is 20.7 Å². The minimum absolute atomic E-state index is 0.00604. The third-order valence-corrected chi connectivity index (χ3v) is 3.17. The maximum absolute atomic E-state index is 12.1. The molecule has 0 aliphatic rings. The van der Waals surface area contributed by atoms with Gasteiger partial charge in [-0.15, -0.1) is 0 Å². The lowest BCUT2D eigenvalue weighted by atomic mass is 10.2. The van der Waals surface area contributed by atoms with Crippen molar-refractivity contribution in [2.24, 2.45) is 0 Å². The van der Waals surface area contributed by atoms with Crippen molar-refractivity contribution < 1.29 is 19.4 Å². The Labute approximate surface area is 138 Å². The van der Waals surface area contributed by atoms with E-state index >= 15 is 0 Å². The SMILES string of the molecule is COc1cccc(C(=O)NC(=S)Nc2ccccc2C(=O)O)c1. The van der Waals surface area contributed by atoms with Crippen molar-refractivity contribution in [3.05, 3.63) is 59.7 Å². The van der Waals surface area contributed by atoms with Gasteiger partial charge >= 0.3 is 5.97 Å². The number of hydrogen-bond donors (Lipinski definition) is 3. The van der Waals surface area contributed by atoms with E-state index in [4.69, 9.17) is 22.1 Å². The van der Waals surface area contributed by atoms with E-state index in [-0.39, 0.29) is 10.7 Å². The molecule has 0 aromatic heterocycles. The molecule has 0 saturated carbocycles. The first-order valence-electron chi connectivity index (χ1n) is 6.60. The number of aromatic carboxylic acids is 1. The summed E-state index contributed by atoms with van der Waals surface area (Å²) in [7, 11) is 1.51. The summed E-state index contributed by atoms with van der Waals surface area (Å²) in [5.41, 5.74) is 0.737. The van der Waals surface area contributed by atoms with Crippen molar-refractivity contribution in [1.82, 2.24) is 5.32 Å². The van der Waals surface area contributed by atoms with Gasteiger partial charge in [0.15, 0.2) is 5.11 Å². The number of anilines is 1. The first kappa shape index (κ1) is 16.4. The molecule has 2 aromatic carbocycles. The highest BCUT2D eigenvalue weighted by Gasteiger charge is 2.12. The van der Waals surface area contributed by atoms with Gasteiger partial charge in [-0.3, -0.25) is 10.1 Å². The van der Waals surface area contributed by atoms with Crippen molar-refractivity contribution in [2.45, 2.75) is 0 Å². The Morgan fingerprint density at radius 2 is 1.87 bits per heavy atom. The molecule has 0 spiro atoms. The standard InChI is InChI=1S/C16H14N2O4S/c1-22-11-6-4-5-10(9-11)14(19)18-16(23)17-13-8-3-2-7-12(13)15(20)21/h2-9H,1H3,(H,20,21)(H2,17,18,19,23). The number of hydrogen-bond acceptors (Lipinski definition) is 4. The maximum atomic E-state index is 12.1. The van der Waals surface area contributed by atoms with Gasteiger partial charge in [0, 0.05) is 5.56 Å². The number of carboxylic acids is 1. The van der Waals surface area contributed by atoms with Gasteiger partial charge in [0.2, 0.25) is 0 Å². The average molecular weight is 330 g/mol. The minimum Gasteiger partial charge on any atom is -0.497 e. The molecule has 6 nitrogen and oxygen atoms in total. The fraction of sp³-hybridized carbons (Fsp3) is 0.0625. The van der Waals surface area contributed by atoms with Gasteiger partial charge in [-0.1, -0.05) is 18.2 Å². The zero-order valence-electron chi connectivity index (χ0n) is 12.2. The summed E-state index contributed by atoms with van der Waals surface area (Å²) < 4.78 is 5.05. The number of ether oxygens (including phenoxy) is 1. The van der Waals surface area contributed by atoms with Gasteiger partial charge in [0.25, 0.3) is 5.91 Å². The summed E-state index contributed by atoms with van der Waals surface area (Å²) in [6.45, 7) is 0. The van der Waals surface area contributed by atoms with E-state index in [0.717, 1.165) is 0 Å². The number of para-hydroxylation sites is 1. The van der Waals surface area contributed by atoms with Crippen LogP contribution in [0.15, 0.2) is 48.5 Å². The molecule has 0 atom stereocenters. The average Bonchev–Trinajstić information content (AvgIpc) is 2.55. The first-order chi connectivity index (χ1) is 11.0. The molecule has 118 valence electrons. The molecule has 2 aromatic rings. The maximum Gasteiger partial charge on any atom is 0.337 e. The fourth-order valence-corrected chi connectivity index (χ4v) is 2.07. The molecule has 0 bridgehead atoms.